The van der Waals surface area contributed by atoms with Crippen molar-refractivity contribution in [1.82, 2.24) is 5.32 Å². The fraction of sp³-hybridized carbons (Fsp3) is 0.429. The smallest absolute Gasteiger partial charge is 0.244 e. The number of dihydropyridines is 1. The van der Waals surface area contributed by atoms with E-state index in [9.17, 15) is 21.6 Å². The Hall–Kier alpha value is -0.980. The van der Waals surface area contributed by atoms with E-state index in [1.807, 2.05) is 0 Å². The third kappa shape index (κ3) is 1.77. The van der Waals surface area contributed by atoms with Crippen LogP contribution in [0.15, 0.2) is 24.3 Å². The molecule has 1 aliphatic heterocycles. The van der Waals surface area contributed by atoms with Crippen molar-refractivity contribution in [3.05, 3.63) is 24.3 Å². The van der Waals surface area contributed by atoms with Crippen LogP contribution in [0, 0.1) is 0 Å². The van der Waals surface area contributed by atoms with E-state index in [4.69, 9.17) is 0 Å². The van der Waals surface area contributed by atoms with E-state index < -0.39 is 26.8 Å². The van der Waals surface area contributed by atoms with E-state index in [1.54, 1.807) is 0 Å². The average molecular weight is 227 g/mol. The Morgan fingerprint density at radius 2 is 2.14 bits per heavy atom. The molecule has 0 bridgehead atoms. The van der Waals surface area contributed by atoms with Gasteiger partial charge < -0.3 is 5.32 Å². The van der Waals surface area contributed by atoms with Gasteiger partial charge in [0.1, 0.15) is 0 Å². The van der Waals surface area contributed by atoms with Gasteiger partial charge in [0.25, 0.3) is 0 Å². The standard InChI is InChI=1S/C7H8F3NO2S/c1-14(12,13)6(9)7(10)2-3-11-4-5(7)8/h2-4,6,11H,1H3. The highest BCUT2D eigenvalue weighted by molar-refractivity contribution is 7.91. The van der Waals surface area contributed by atoms with Crippen molar-refractivity contribution in [1.29, 1.82) is 0 Å². The van der Waals surface area contributed by atoms with Crippen molar-refractivity contribution >= 4 is 9.84 Å². The van der Waals surface area contributed by atoms with Crippen LogP contribution in [0.2, 0.25) is 0 Å². The molecular weight excluding hydrogens is 219 g/mol. The highest BCUT2D eigenvalue weighted by atomic mass is 32.2. The first-order chi connectivity index (χ1) is 6.28. The van der Waals surface area contributed by atoms with Crippen molar-refractivity contribution in [3.8, 4) is 0 Å². The van der Waals surface area contributed by atoms with E-state index in [0.29, 0.717) is 18.5 Å². The van der Waals surface area contributed by atoms with Gasteiger partial charge in [0.15, 0.2) is 15.7 Å². The van der Waals surface area contributed by atoms with Gasteiger partial charge >= 0.3 is 0 Å². The van der Waals surface area contributed by atoms with Crippen LogP contribution in [-0.2, 0) is 9.84 Å². The van der Waals surface area contributed by atoms with Crippen LogP contribution in [0.25, 0.3) is 0 Å². The molecule has 1 rings (SSSR count). The Morgan fingerprint density at radius 3 is 2.57 bits per heavy atom. The predicted octanol–water partition coefficient (Wildman–Crippen LogP) is 0.963. The third-order valence-corrected chi connectivity index (χ3v) is 2.80. The quantitative estimate of drug-likeness (QED) is 0.764. The Labute approximate surface area is 79.2 Å². The lowest BCUT2D eigenvalue weighted by atomic mass is 10.1. The molecular formula is C7H8F3NO2S. The summed E-state index contributed by atoms with van der Waals surface area (Å²) in [5.74, 6) is -1.50. The first-order valence-corrected chi connectivity index (χ1v) is 5.55. The van der Waals surface area contributed by atoms with Crippen LogP contribution in [0.1, 0.15) is 0 Å². The minimum Gasteiger partial charge on any atom is -0.366 e. The molecule has 0 aliphatic carbocycles. The number of sulfone groups is 1. The van der Waals surface area contributed by atoms with Crippen molar-refractivity contribution < 1.29 is 21.6 Å². The number of nitrogens with one attached hydrogen (secondary N) is 1. The van der Waals surface area contributed by atoms with Crippen molar-refractivity contribution in [2.75, 3.05) is 6.26 Å². The fourth-order valence-corrected chi connectivity index (χ4v) is 1.79. The van der Waals surface area contributed by atoms with Crippen LogP contribution < -0.4 is 5.32 Å². The van der Waals surface area contributed by atoms with E-state index >= 15 is 0 Å². The molecule has 0 spiro atoms. The topological polar surface area (TPSA) is 46.2 Å². The minimum absolute atomic E-state index is 0.494. The summed E-state index contributed by atoms with van der Waals surface area (Å²) in [5.41, 5.74) is -6.16. The van der Waals surface area contributed by atoms with E-state index in [0.717, 1.165) is 6.20 Å². The number of hydrogen-bond acceptors (Lipinski definition) is 3. The molecule has 2 atom stereocenters. The molecule has 2 unspecified atom stereocenters. The van der Waals surface area contributed by atoms with Gasteiger partial charge in [0.05, 0.1) is 0 Å². The molecule has 3 nitrogen and oxygen atoms in total. The SMILES string of the molecule is CS(=O)(=O)C(F)C1(F)C=CNC=C1F. The summed E-state index contributed by atoms with van der Waals surface area (Å²) in [7, 11) is -4.30. The highest BCUT2D eigenvalue weighted by Crippen LogP contribution is 2.34. The molecule has 1 heterocycles. The van der Waals surface area contributed by atoms with Crippen molar-refractivity contribution in [3.63, 3.8) is 0 Å². The van der Waals surface area contributed by atoms with E-state index in [1.165, 1.54) is 0 Å². The van der Waals surface area contributed by atoms with Crippen LogP contribution in [0.5, 0.6) is 0 Å². The van der Waals surface area contributed by atoms with E-state index in [2.05, 4.69) is 5.32 Å². The molecule has 1 aliphatic rings. The molecule has 0 saturated carbocycles. The Bertz CT molecular complexity index is 390. The van der Waals surface area contributed by atoms with Crippen molar-refractivity contribution in [2.24, 2.45) is 0 Å². The summed E-state index contributed by atoms with van der Waals surface area (Å²) in [5, 5.41) is 2.18. The second-order valence-corrected chi connectivity index (χ2v) is 4.98. The van der Waals surface area contributed by atoms with Crippen LogP contribution in [0.4, 0.5) is 13.2 Å². The fourth-order valence-electron chi connectivity index (χ4n) is 0.976. The maximum atomic E-state index is 13.5. The summed E-state index contributed by atoms with van der Waals surface area (Å²) in [6, 6.07) is 0. The van der Waals surface area contributed by atoms with Crippen LogP contribution in [0.3, 0.4) is 0 Å². The molecule has 0 aromatic carbocycles. The van der Waals surface area contributed by atoms with Gasteiger partial charge in [-0.15, -0.1) is 0 Å². The molecule has 0 aromatic heterocycles. The second kappa shape index (κ2) is 3.30. The molecule has 7 heteroatoms. The van der Waals surface area contributed by atoms with Crippen LogP contribution >= 0.6 is 0 Å². The molecule has 0 amide bonds. The Balaban J connectivity index is 3.12. The molecule has 80 valence electrons. The maximum Gasteiger partial charge on any atom is 0.244 e. The summed E-state index contributed by atoms with van der Waals surface area (Å²) in [4.78, 5) is 0. The second-order valence-electron chi connectivity index (χ2n) is 2.91. The number of alkyl halides is 2. The predicted molar refractivity (Wildman–Crippen MR) is 45.0 cm³/mol. The van der Waals surface area contributed by atoms with Gasteiger partial charge in [-0.05, 0) is 6.08 Å². The van der Waals surface area contributed by atoms with Gasteiger partial charge in [-0.3, -0.25) is 0 Å². The van der Waals surface area contributed by atoms with Gasteiger partial charge in [0.2, 0.25) is 11.2 Å². The monoisotopic (exact) mass is 227 g/mol. The van der Waals surface area contributed by atoms with Gasteiger partial charge in [-0.1, -0.05) is 0 Å². The van der Waals surface area contributed by atoms with Gasteiger partial charge in [-0.2, -0.15) is 0 Å². The Morgan fingerprint density at radius 1 is 1.57 bits per heavy atom. The molecule has 14 heavy (non-hydrogen) atoms. The highest BCUT2D eigenvalue weighted by Gasteiger charge is 2.49. The number of rotatable bonds is 2. The number of halogens is 3. The largest absolute Gasteiger partial charge is 0.366 e. The lowest BCUT2D eigenvalue weighted by Crippen LogP contribution is -2.41. The molecule has 1 N–H and O–H groups in total. The molecule has 0 aromatic rings. The van der Waals surface area contributed by atoms with E-state index in [-0.39, 0.29) is 0 Å². The van der Waals surface area contributed by atoms with Gasteiger partial charge in [-0.25, -0.2) is 21.6 Å². The van der Waals surface area contributed by atoms with Gasteiger partial charge in [0, 0.05) is 18.7 Å². The Kier molecular flexibility index (Phi) is 2.62. The number of hydrogen-bond donors (Lipinski definition) is 1. The van der Waals surface area contributed by atoms with Crippen molar-refractivity contribution in [2.45, 2.75) is 11.2 Å². The lowest BCUT2D eigenvalue weighted by Gasteiger charge is -2.24. The molecule has 0 radical (unpaired) electrons. The summed E-state index contributed by atoms with van der Waals surface area (Å²) >= 11 is 0. The number of allylic oxidation sites excluding steroid dienone is 2. The average Bonchev–Trinajstić information content (AvgIpc) is 2.07. The molecule has 0 fully saturated rings. The first kappa shape index (κ1) is 11.1. The molecule has 0 saturated heterocycles. The maximum absolute atomic E-state index is 13.5. The first-order valence-electron chi connectivity index (χ1n) is 3.60. The zero-order valence-electron chi connectivity index (χ0n) is 7.17. The summed E-state index contributed by atoms with van der Waals surface area (Å²) < 4.78 is 61.0. The third-order valence-electron chi connectivity index (χ3n) is 1.70. The van der Waals surface area contributed by atoms with Crippen LogP contribution in [-0.4, -0.2) is 25.8 Å². The summed E-state index contributed by atoms with van der Waals surface area (Å²) in [6.45, 7) is 0. The summed E-state index contributed by atoms with van der Waals surface area (Å²) in [6.07, 6.45) is 2.49. The normalized spacial score (nSPS) is 29.3. The lowest BCUT2D eigenvalue weighted by molar-refractivity contribution is 0.152. The minimum atomic E-state index is -4.30. The zero-order valence-corrected chi connectivity index (χ0v) is 7.98. The zero-order chi connectivity index (χ0) is 11.0.